The van der Waals surface area contributed by atoms with E-state index >= 15 is 0 Å². The number of aromatic nitrogens is 2. The molecular formula is C12H19N3O3. The van der Waals surface area contributed by atoms with Crippen molar-refractivity contribution in [3.05, 3.63) is 17.0 Å². The second kappa shape index (κ2) is 5.49. The van der Waals surface area contributed by atoms with Crippen LogP contribution in [0.1, 0.15) is 21.7 Å². The molecule has 1 amide bonds. The van der Waals surface area contributed by atoms with E-state index < -0.39 is 0 Å². The Kier molecular flexibility index (Phi) is 3.98. The molecule has 1 aliphatic rings. The number of ether oxygens (including phenoxy) is 1. The Morgan fingerprint density at radius 1 is 1.44 bits per heavy atom. The summed E-state index contributed by atoms with van der Waals surface area (Å²) in [6.45, 7) is 4.30. The lowest BCUT2D eigenvalue weighted by molar-refractivity contribution is 0.0297. The first-order valence-corrected chi connectivity index (χ1v) is 6.15. The number of aliphatic hydroxyl groups excluding tert-OH is 1. The van der Waals surface area contributed by atoms with Crippen LogP contribution in [0.2, 0.25) is 0 Å². The quantitative estimate of drug-likeness (QED) is 0.805. The minimum Gasteiger partial charge on any atom is -0.396 e. The lowest BCUT2D eigenvalue weighted by Gasteiger charge is -2.26. The number of rotatable bonds is 3. The van der Waals surface area contributed by atoms with Gasteiger partial charge in [0, 0.05) is 38.0 Å². The van der Waals surface area contributed by atoms with E-state index in [9.17, 15) is 4.79 Å². The van der Waals surface area contributed by atoms with Crippen molar-refractivity contribution in [2.24, 2.45) is 7.05 Å². The van der Waals surface area contributed by atoms with Crippen LogP contribution in [0, 0.1) is 6.92 Å². The minimum absolute atomic E-state index is 0.0237. The van der Waals surface area contributed by atoms with Crippen molar-refractivity contribution in [2.45, 2.75) is 13.3 Å². The Morgan fingerprint density at radius 2 is 2.11 bits per heavy atom. The smallest absolute Gasteiger partial charge is 0.274 e. The lowest BCUT2D eigenvalue weighted by Crippen LogP contribution is -2.41. The average molecular weight is 253 g/mol. The van der Waals surface area contributed by atoms with Crippen LogP contribution >= 0.6 is 0 Å². The second-order valence-corrected chi connectivity index (χ2v) is 4.41. The molecule has 1 aromatic heterocycles. The summed E-state index contributed by atoms with van der Waals surface area (Å²) >= 11 is 0. The number of carbonyl (C=O) groups excluding carboxylic acids is 1. The van der Waals surface area contributed by atoms with Gasteiger partial charge in [0.15, 0.2) is 5.69 Å². The van der Waals surface area contributed by atoms with Crippen molar-refractivity contribution in [2.75, 3.05) is 32.9 Å². The maximum absolute atomic E-state index is 12.4. The van der Waals surface area contributed by atoms with E-state index in [1.807, 2.05) is 14.0 Å². The van der Waals surface area contributed by atoms with E-state index in [4.69, 9.17) is 9.84 Å². The third-order valence-corrected chi connectivity index (χ3v) is 3.32. The number of morpholine rings is 1. The fourth-order valence-electron chi connectivity index (χ4n) is 2.15. The van der Waals surface area contributed by atoms with Gasteiger partial charge in [-0.2, -0.15) is 5.10 Å². The van der Waals surface area contributed by atoms with Crippen molar-refractivity contribution < 1.29 is 14.6 Å². The SMILES string of the molecule is Cc1c(CCO)c(C(=O)N2CCOCC2)nn1C. The van der Waals surface area contributed by atoms with Gasteiger partial charge < -0.3 is 14.7 Å². The third-order valence-electron chi connectivity index (χ3n) is 3.32. The fourth-order valence-corrected chi connectivity index (χ4v) is 2.15. The van der Waals surface area contributed by atoms with E-state index in [0.717, 1.165) is 11.3 Å². The molecule has 1 fully saturated rings. The number of nitrogens with zero attached hydrogens (tertiary/aromatic N) is 3. The molecule has 0 aromatic carbocycles. The van der Waals surface area contributed by atoms with E-state index in [1.165, 1.54) is 0 Å². The summed E-state index contributed by atoms with van der Waals surface area (Å²) in [7, 11) is 1.81. The zero-order valence-corrected chi connectivity index (χ0v) is 10.8. The lowest BCUT2D eigenvalue weighted by atomic mass is 10.1. The highest BCUT2D eigenvalue weighted by Crippen LogP contribution is 2.16. The van der Waals surface area contributed by atoms with Crippen molar-refractivity contribution in [1.29, 1.82) is 0 Å². The number of hydrogen-bond acceptors (Lipinski definition) is 4. The van der Waals surface area contributed by atoms with Crippen LogP contribution in [0.25, 0.3) is 0 Å². The van der Waals surface area contributed by atoms with Gasteiger partial charge in [-0.3, -0.25) is 9.48 Å². The van der Waals surface area contributed by atoms with E-state index in [2.05, 4.69) is 5.10 Å². The Morgan fingerprint density at radius 3 is 2.72 bits per heavy atom. The molecule has 2 heterocycles. The highest BCUT2D eigenvalue weighted by Gasteiger charge is 2.25. The number of aryl methyl sites for hydroxylation is 1. The molecular weight excluding hydrogens is 234 g/mol. The number of amides is 1. The molecule has 6 heteroatoms. The highest BCUT2D eigenvalue weighted by atomic mass is 16.5. The Balaban J connectivity index is 2.25. The van der Waals surface area contributed by atoms with E-state index in [0.29, 0.717) is 38.4 Å². The zero-order chi connectivity index (χ0) is 13.1. The molecule has 18 heavy (non-hydrogen) atoms. The summed E-state index contributed by atoms with van der Waals surface area (Å²) in [5.41, 5.74) is 2.24. The molecule has 1 saturated heterocycles. The number of aliphatic hydroxyl groups is 1. The molecule has 1 aromatic rings. The minimum atomic E-state index is -0.0644. The monoisotopic (exact) mass is 253 g/mol. The number of hydrogen-bond donors (Lipinski definition) is 1. The Labute approximate surface area is 106 Å². The summed E-state index contributed by atoms with van der Waals surface area (Å²) in [6, 6.07) is 0. The van der Waals surface area contributed by atoms with Crippen LogP contribution in [-0.2, 0) is 18.2 Å². The van der Waals surface area contributed by atoms with Gasteiger partial charge in [-0.05, 0) is 13.3 Å². The maximum Gasteiger partial charge on any atom is 0.274 e. The van der Waals surface area contributed by atoms with Crippen molar-refractivity contribution in [3.8, 4) is 0 Å². The molecule has 0 aliphatic carbocycles. The van der Waals surface area contributed by atoms with Crippen molar-refractivity contribution in [1.82, 2.24) is 14.7 Å². The molecule has 100 valence electrons. The molecule has 1 N–H and O–H groups in total. The predicted molar refractivity (Wildman–Crippen MR) is 65.5 cm³/mol. The molecule has 0 spiro atoms. The highest BCUT2D eigenvalue weighted by molar-refractivity contribution is 5.94. The second-order valence-electron chi connectivity index (χ2n) is 4.41. The van der Waals surface area contributed by atoms with Gasteiger partial charge in [0.2, 0.25) is 0 Å². The largest absolute Gasteiger partial charge is 0.396 e. The van der Waals surface area contributed by atoms with Crippen LogP contribution in [0.15, 0.2) is 0 Å². The standard InChI is InChI=1S/C12H19N3O3/c1-9-10(3-6-16)11(13-14(9)2)12(17)15-4-7-18-8-5-15/h16H,3-8H2,1-2H3. The summed E-state index contributed by atoms with van der Waals surface area (Å²) in [5.74, 6) is -0.0644. The Hall–Kier alpha value is -1.40. The van der Waals surface area contributed by atoms with Crippen LogP contribution < -0.4 is 0 Å². The topological polar surface area (TPSA) is 67.6 Å². The summed E-state index contributed by atoms with van der Waals surface area (Å²) in [5, 5.41) is 13.4. The first-order valence-electron chi connectivity index (χ1n) is 6.15. The van der Waals surface area contributed by atoms with Gasteiger partial charge in [0.1, 0.15) is 0 Å². The molecule has 0 unspecified atom stereocenters. The van der Waals surface area contributed by atoms with Crippen LogP contribution in [0.5, 0.6) is 0 Å². The summed E-state index contributed by atoms with van der Waals surface area (Å²) in [6.07, 6.45) is 0.463. The summed E-state index contributed by atoms with van der Waals surface area (Å²) < 4.78 is 6.93. The normalized spacial score (nSPS) is 16.1. The Bertz CT molecular complexity index is 436. The molecule has 6 nitrogen and oxygen atoms in total. The van der Waals surface area contributed by atoms with Gasteiger partial charge in [-0.1, -0.05) is 0 Å². The van der Waals surface area contributed by atoms with Crippen LogP contribution in [-0.4, -0.2) is 58.6 Å². The van der Waals surface area contributed by atoms with E-state index in [1.54, 1.807) is 9.58 Å². The molecule has 0 radical (unpaired) electrons. The van der Waals surface area contributed by atoms with E-state index in [-0.39, 0.29) is 12.5 Å². The zero-order valence-electron chi connectivity index (χ0n) is 10.8. The summed E-state index contributed by atoms with van der Waals surface area (Å²) in [4.78, 5) is 14.1. The van der Waals surface area contributed by atoms with Gasteiger partial charge in [-0.25, -0.2) is 0 Å². The molecule has 2 rings (SSSR count). The van der Waals surface area contributed by atoms with Crippen LogP contribution in [0.3, 0.4) is 0 Å². The number of carbonyl (C=O) groups is 1. The van der Waals surface area contributed by atoms with Gasteiger partial charge >= 0.3 is 0 Å². The molecule has 0 atom stereocenters. The van der Waals surface area contributed by atoms with Crippen molar-refractivity contribution in [3.63, 3.8) is 0 Å². The van der Waals surface area contributed by atoms with Crippen molar-refractivity contribution >= 4 is 5.91 Å². The third kappa shape index (κ3) is 2.39. The average Bonchev–Trinajstić information content (AvgIpc) is 2.68. The first kappa shape index (κ1) is 13.0. The van der Waals surface area contributed by atoms with Gasteiger partial charge in [0.25, 0.3) is 5.91 Å². The predicted octanol–water partition coefficient (Wildman–Crippen LogP) is -0.264. The molecule has 0 saturated carbocycles. The molecule has 0 bridgehead atoms. The van der Waals surface area contributed by atoms with Gasteiger partial charge in [0.05, 0.1) is 13.2 Å². The van der Waals surface area contributed by atoms with Gasteiger partial charge in [-0.15, -0.1) is 0 Å². The maximum atomic E-state index is 12.4. The first-order chi connectivity index (χ1) is 8.65. The van der Waals surface area contributed by atoms with Crippen LogP contribution in [0.4, 0.5) is 0 Å². The fraction of sp³-hybridized carbons (Fsp3) is 0.667. The molecule has 1 aliphatic heterocycles.